The molecule has 4 aliphatic rings. The van der Waals surface area contributed by atoms with E-state index in [4.69, 9.17) is 5.14 Å². The fraction of sp³-hybridized carbons (Fsp3) is 0.474. The number of nitrogens with one attached hydrogen (secondary N) is 2. The van der Waals surface area contributed by atoms with Gasteiger partial charge in [-0.05, 0) is 149 Å². The molecule has 0 saturated heterocycles. The topological polar surface area (TPSA) is 200 Å². The van der Waals surface area contributed by atoms with Crippen molar-refractivity contribution in [1.82, 2.24) is 24.3 Å². The molecule has 0 saturated carbocycles. The van der Waals surface area contributed by atoms with Crippen molar-refractivity contribution in [2.75, 3.05) is 5.32 Å². The van der Waals surface area contributed by atoms with Crippen LogP contribution in [0.1, 0.15) is 110 Å². The molecule has 2 heterocycles. The third kappa shape index (κ3) is 8.62. The zero-order valence-electron chi connectivity index (χ0n) is 31.8. The summed E-state index contributed by atoms with van der Waals surface area (Å²) in [4.78, 5) is 26.9. The summed E-state index contributed by atoms with van der Waals surface area (Å²) in [5.74, 6) is -1.91. The highest BCUT2D eigenvalue weighted by molar-refractivity contribution is 7.90. The van der Waals surface area contributed by atoms with E-state index in [1.165, 1.54) is 55.6 Å². The number of urea groups is 1. The number of isocyanates is 1. The summed E-state index contributed by atoms with van der Waals surface area (Å²) in [6.45, 7) is 7.00. The van der Waals surface area contributed by atoms with Crippen molar-refractivity contribution < 1.29 is 35.2 Å². The van der Waals surface area contributed by atoms with Crippen molar-refractivity contribution in [2.45, 2.75) is 127 Å². The maximum absolute atomic E-state index is 14.1. The lowest BCUT2D eigenvalue weighted by Crippen LogP contribution is -2.35. The maximum atomic E-state index is 14.1. The van der Waals surface area contributed by atoms with Crippen LogP contribution in [0.4, 0.5) is 25.0 Å². The van der Waals surface area contributed by atoms with Crippen LogP contribution in [0.5, 0.6) is 0 Å². The third-order valence-electron chi connectivity index (χ3n) is 10.4. The monoisotopic (exact) mass is 812 g/mol. The third-order valence-corrected chi connectivity index (χ3v) is 12.5. The van der Waals surface area contributed by atoms with Gasteiger partial charge in [0.05, 0.1) is 18.1 Å². The molecular weight excluding hydrogens is 767 g/mol. The van der Waals surface area contributed by atoms with Gasteiger partial charge in [0.15, 0.2) is 11.6 Å². The molecule has 0 spiro atoms. The number of benzene rings is 2. The first-order valence-electron chi connectivity index (χ1n) is 18.7. The molecule has 18 heteroatoms. The number of hydrogen-bond donors (Lipinski definition) is 3. The maximum Gasteiger partial charge on any atom is 0.333 e. The number of fused-ring (bicyclic) bond motifs is 4. The molecule has 56 heavy (non-hydrogen) atoms. The van der Waals surface area contributed by atoms with Gasteiger partial charge in [0.2, 0.25) is 16.1 Å². The van der Waals surface area contributed by atoms with Gasteiger partial charge in [-0.15, -0.1) is 0 Å². The summed E-state index contributed by atoms with van der Waals surface area (Å²) in [5.41, 5.74) is 11.8. The Balaban J connectivity index is 0.000000159. The molecule has 4 N–H and O–H groups in total. The molecule has 14 nitrogen and oxygen atoms in total. The van der Waals surface area contributed by atoms with Crippen LogP contribution < -0.4 is 15.2 Å². The van der Waals surface area contributed by atoms with Gasteiger partial charge in [0, 0.05) is 17.8 Å². The van der Waals surface area contributed by atoms with Crippen LogP contribution in [0.25, 0.3) is 0 Å². The lowest BCUT2D eigenvalue weighted by Gasteiger charge is -2.16. The van der Waals surface area contributed by atoms with Gasteiger partial charge in [-0.2, -0.15) is 23.6 Å². The number of aromatic nitrogens is 4. The number of carbonyl (C=O) groups is 1. The van der Waals surface area contributed by atoms with Crippen LogP contribution in [-0.4, -0.2) is 48.5 Å². The molecule has 0 aliphatic heterocycles. The van der Waals surface area contributed by atoms with Gasteiger partial charge in [-0.3, -0.25) is 9.36 Å². The van der Waals surface area contributed by atoms with Crippen molar-refractivity contribution in [3.05, 3.63) is 80.7 Å². The highest BCUT2D eigenvalue weighted by atomic mass is 32.2. The fourth-order valence-electron chi connectivity index (χ4n) is 7.85. The zero-order chi connectivity index (χ0) is 40.5. The average molecular weight is 813 g/mol. The molecule has 0 fully saturated rings. The Morgan fingerprint density at radius 3 is 1.54 bits per heavy atom. The Labute approximate surface area is 325 Å². The van der Waals surface area contributed by atoms with Gasteiger partial charge in [0.25, 0.3) is 20.0 Å². The molecule has 8 rings (SSSR count). The van der Waals surface area contributed by atoms with Crippen LogP contribution in [0.15, 0.2) is 39.6 Å². The number of amides is 2. The van der Waals surface area contributed by atoms with Gasteiger partial charge >= 0.3 is 6.03 Å². The normalized spacial score (nSPS) is 15.2. The molecule has 4 aliphatic carbocycles. The second-order valence-corrected chi connectivity index (χ2v) is 18.0. The Hall–Kier alpha value is -4.77. The van der Waals surface area contributed by atoms with Crippen molar-refractivity contribution >= 4 is 43.5 Å². The Morgan fingerprint density at radius 1 is 0.732 bits per heavy atom. The number of carbonyl (C=O) groups excluding carboxylic acids is 2. The minimum atomic E-state index is -4.42. The van der Waals surface area contributed by atoms with Crippen LogP contribution in [0.2, 0.25) is 0 Å². The molecule has 4 aromatic rings. The summed E-state index contributed by atoms with van der Waals surface area (Å²) >= 11 is 0. The van der Waals surface area contributed by atoms with Crippen molar-refractivity contribution in [1.29, 1.82) is 0 Å². The fourth-order valence-corrected chi connectivity index (χ4v) is 9.29. The molecule has 2 amide bonds. The molecule has 0 unspecified atom stereocenters. The van der Waals surface area contributed by atoms with Crippen molar-refractivity contribution in [2.24, 2.45) is 10.1 Å². The van der Waals surface area contributed by atoms with E-state index in [1.807, 2.05) is 4.72 Å². The largest absolute Gasteiger partial charge is 0.333 e. The summed E-state index contributed by atoms with van der Waals surface area (Å²) in [7, 11) is -8.47. The molecule has 300 valence electrons. The van der Waals surface area contributed by atoms with E-state index in [1.54, 1.807) is 33.8 Å². The molecule has 2 aromatic carbocycles. The van der Waals surface area contributed by atoms with Crippen molar-refractivity contribution in [3.8, 4) is 0 Å². The molecule has 0 radical (unpaired) electrons. The number of aliphatic imine (C=N–C) groups is 1. The second kappa shape index (κ2) is 16.4. The van der Waals surface area contributed by atoms with Crippen LogP contribution in [0.3, 0.4) is 0 Å². The van der Waals surface area contributed by atoms with E-state index >= 15 is 0 Å². The minimum Gasteiger partial charge on any atom is -0.307 e. The minimum absolute atomic E-state index is 0.106. The van der Waals surface area contributed by atoms with E-state index in [9.17, 15) is 35.2 Å². The number of aryl methyl sites for hydroxylation is 4. The number of anilines is 1. The predicted molar refractivity (Wildman–Crippen MR) is 205 cm³/mol. The Bertz CT molecular complexity index is 2390. The summed E-state index contributed by atoms with van der Waals surface area (Å²) in [5, 5.41) is 13.3. The van der Waals surface area contributed by atoms with E-state index in [-0.39, 0.29) is 12.1 Å². The van der Waals surface area contributed by atoms with Gasteiger partial charge < -0.3 is 5.32 Å². The lowest BCUT2D eigenvalue weighted by atomic mass is 9.99. The van der Waals surface area contributed by atoms with E-state index in [0.717, 1.165) is 99.1 Å². The van der Waals surface area contributed by atoms with E-state index in [0.29, 0.717) is 0 Å². The van der Waals surface area contributed by atoms with Gasteiger partial charge in [0.1, 0.15) is 0 Å². The van der Waals surface area contributed by atoms with Crippen LogP contribution >= 0.6 is 0 Å². The highest BCUT2D eigenvalue weighted by Crippen LogP contribution is 2.40. The van der Waals surface area contributed by atoms with Crippen LogP contribution in [-0.2, 0) is 76.2 Å². The van der Waals surface area contributed by atoms with Gasteiger partial charge in [-0.25, -0.2) is 36.6 Å². The summed E-state index contributed by atoms with van der Waals surface area (Å²) in [6, 6.07) is 3.35. The standard InChI is InChI=1S/C19H23FN4O3S.C13H13NO.C6H10FN3O2S/c1-11(2)24-10-16(20)18(22-24)28(26,27)23-19(25)21-17-14-7-3-5-12(14)9-13-6-4-8-15(13)17;15-8-14-13-11-5-1-3-9(11)7-10-4-2-6-12(10)13;1-4(2)10-3-5(7)6(9-10)13(8,11)12/h9-11H,3-8H2,1-2H3,(H2,21,23,25);7H,1-6H2;3-4H,1-2H3,(H2,8,11,12). The number of halogens is 2. The molecular formula is C38H46F2N8O6S2. The smallest absolute Gasteiger partial charge is 0.307 e. The average Bonchev–Trinajstić information content (AvgIpc) is 3.96. The lowest BCUT2D eigenvalue weighted by molar-refractivity contribution is 0.256. The van der Waals surface area contributed by atoms with Crippen molar-refractivity contribution in [3.63, 3.8) is 0 Å². The number of hydrogen-bond acceptors (Lipinski definition) is 9. The molecule has 2 aromatic heterocycles. The Morgan fingerprint density at radius 2 is 1.14 bits per heavy atom. The first-order chi connectivity index (χ1) is 26.5. The number of primary sulfonamides is 1. The Kier molecular flexibility index (Phi) is 12.0. The summed E-state index contributed by atoms with van der Waals surface area (Å²) < 4.78 is 77.7. The van der Waals surface area contributed by atoms with Crippen LogP contribution in [0, 0.1) is 11.6 Å². The SMILES string of the molecule is CC(C)n1cc(F)c(S(=O)(=O)NC(=O)Nc2c3c(cc4c2CCC4)CCC3)n1.CC(C)n1cc(F)c(S(N)(=O)=O)n1.O=C=Nc1c2c(cc3c1CCC3)CCC2. The quantitative estimate of drug-likeness (QED) is 0.150. The first kappa shape index (κ1) is 40.9. The molecule has 0 atom stereocenters. The second-order valence-electron chi connectivity index (χ2n) is 15.0. The predicted octanol–water partition coefficient (Wildman–Crippen LogP) is 5.97. The van der Waals surface area contributed by atoms with E-state index < -0.39 is 47.8 Å². The zero-order valence-corrected chi connectivity index (χ0v) is 33.4. The number of sulfonamides is 2. The van der Waals surface area contributed by atoms with E-state index in [2.05, 4.69) is 32.6 Å². The number of nitrogens with zero attached hydrogens (tertiary/aromatic N) is 5. The number of nitrogens with two attached hydrogens (primary N) is 1. The first-order valence-corrected chi connectivity index (χ1v) is 21.8. The highest BCUT2D eigenvalue weighted by Gasteiger charge is 2.30. The molecule has 0 bridgehead atoms. The van der Waals surface area contributed by atoms with Gasteiger partial charge in [-0.1, -0.05) is 12.1 Å². The summed E-state index contributed by atoms with van der Waals surface area (Å²) in [6.07, 6.45) is 16.3. The number of rotatable bonds is 7.